The average Bonchev–Trinajstić information content (AvgIpc) is 3.05. The molecule has 2 saturated heterocycles. The molecule has 25 heavy (non-hydrogen) atoms. The minimum atomic E-state index is 0.294. The van der Waals surface area contributed by atoms with E-state index in [1.807, 2.05) is 0 Å². The zero-order valence-corrected chi connectivity index (χ0v) is 15.9. The standard InChI is InChI=1S/C16H23ClN6OS/c1-22-4-2-11(3-5-22)18-16-21-14-13(25-16)15(20-12(10-17)19-14)23-6-8-24-9-7-23/h11H,2-10H2,1H3,(H,18,19,20,21). The Hall–Kier alpha value is -1.22. The molecule has 1 N–H and O–H groups in total. The van der Waals surface area contributed by atoms with Gasteiger partial charge >= 0.3 is 0 Å². The number of piperidine rings is 1. The van der Waals surface area contributed by atoms with E-state index in [1.165, 1.54) is 0 Å². The summed E-state index contributed by atoms with van der Waals surface area (Å²) in [5, 5.41) is 4.53. The van der Waals surface area contributed by atoms with Crippen LogP contribution in [0, 0.1) is 0 Å². The number of nitrogens with one attached hydrogen (secondary N) is 1. The molecule has 0 saturated carbocycles. The highest BCUT2D eigenvalue weighted by Crippen LogP contribution is 2.33. The maximum atomic E-state index is 6.00. The number of hydrogen-bond donors (Lipinski definition) is 1. The number of aromatic nitrogens is 3. The molecule has 4 rings (SSSR count). The second kappa shape index (κ2) is 7.57. The Labute approximate surface area is 156 Å². The molecule has 0 spiro atoms. The summed E-state index contributed by atoms with van der Waals surface area (Å²) in [5.74, 6) is 1.87. The van der Waals surface area contributed by atoms with Crippen molar-refractivity contribution in [3.63, 3.8) is 0 Å². The van der Waals surface area contributed by atoms with Gasteiger partial charge in [-0.1, -0.05) is 11.3 Å². The third-order valence-corrected chi connectivity index (χ3v) is 5.97. The van der Waals surface area contributed by atoms with Crippen molar-refractivity contribution in [3.05, 3.63) is 5.82 Å². The van der Waals surface area contributed by atoms with E-state index in [0.717, 1.165) is 73.5 Å². The SMILES string of the molecule is CN1CCC(Nc2nc3nc(CCl)nc(N4CCOCC4)c3s2)CC1. The van der Waals surface area contributed by atoms with Crippen molar-refractivity contribution in [2.75, 3.05) is 56.7 Å². The molecule has 0 aliphatic carbocycles. The lowest BCUT2D eigenvalue weighted by Gasteiger charge is -2.29. The first-order chi connectivity index (χ1) is 12.2. The van der Waals surface area contributed by atoms with Gasteiger partial charge in [0.1, 0.15) is 10.5 Å². The highest BCUT2D eigenvalue weighted by Gasteiger charge is 2.22. The predicted octanol–water partition coefficient (Wildman–Crippen LogP) is 2.17. The number of anilines is 2. The fourth-order valence-corrected chi connectivity index (χ4v) is 4.41. The van der Waals surface area contributed by atoms with Gasteiger partial charge in [0.15, 0.2) is 16.6 Å². The Kier molecular flexibility index (Phi) is 5.21. The molecular weight excluding hydrogens is 360 g/mol. The van der Waals surface area contributed by atoms with Crippen LogP contribution in [-0.2, 0) is 10.6 Å². The topological polar surface area (TPSA) is 66.4 Å². The number of rotatable bonds is 4. The monoisotopic (exact) mass is 382 g/mol. The van der Waals surface area contributed by atoms with Crippen molar-refractivity contribution in [1.29, 1.82) is 0 Å². The van der Waals surface area contributed by atoms with Gasteiger partial charge in [-0.2, -0.15) is 4.98 Å². The molecule has 2 aliphatic heterocycles. The van der Waals surface area contributed by atoms with E-state index in [0.29, 0.717) is 17.7 Å². The van der Waals surface area contributed by atoms with Crippen LogP contribution in [0.15, 0.2) is 0 Å². The zero-order valence-electron chi connectivity index (χ0n) is 14.4. The van der Waals surface area contributed by atoms with E-state index in [2.05, 4.69) is 32.1 Å². The van der Waals surface area contributed by atoms with Gasteiger partial charge in [-0.05, 0) is 33.0 Å². The van der Waals surface area contributed by atoms with Crippen molar-refractivity contribution in [1.82, 2.24) is 19.9 Å². The smallest absolute Gasteiger partial charge is 0.185 e. The number of hydrogen-bond acceptors (Lipinski definition) is 8. The number of ether oxygens (including phenoxy) is 1. The number of nitrogens with zero attached hydrogens (tertiary/aromatic N) is 5. The lowest BCUT2D eigenvalue weighted by atomic mass is 10.1. The number of alkyl halides is 1. The van der Waals surface area contributed by atoms with E-state index < -0.39 is 0 Å². The van der Waals surface area contributed by atoms with Gasteiger partial charge in [-0.3, -0.25) is 0 Å². The largest absolute Gasteiger partial charge is 0.378 e. The minimum absolute atomic E-state index is 0.294. The summed E-state index contributed by atoms with van der Waals surface area (Å²) in [7, 11) is 2.17. The van der Waals surface area contributed by atoms with E-state index in [9.17, 15) is 0 Å². The molecule has 0 unspecified atom stereocenters. The molecule has 0 aromatic carbocycles. The van der Waals surface area contributed by atoms with Crippen molar-refractivity contribution in [2.24, 2.45) is 0 Å². The van der Waals surface area contributed by atoms with Crippen molar-refractivity contribution in [2.45, 2.75) is 24.8 Å². The lowest BCUT2D eigenvalue weighted by molar-refractivity contribution is 0.122. The fourth-order valence-electron chi connectivity index (χ4n) is 3.29. The van der Waals surface area contributed by atoms with Crippen molar-refractivity contribution < 1.29 is 4.74 Å². The normalized spacial score (nSPS) is 20.3. The molecule has 0 atom stereocenters. The third-order valence-electron chi connectivity index (χ3n) is 4.76. The summed E-state index contributed by atoms with van der Waals surface area (Å²) < 4.78 is 6.50. The molecule has 4 heterocycles. The molecule has 0 amide bonds. The van der Waals surface area contributed by atoms with Crippen LogP contribution < -0.4 is 10.2 Å². The molecule has 0 bridgehead atoms. The number of thiazole rings is 1. The predicted molar refractivity (Wildman–Crippen MR) is 102 cm³/mol. The number of morpholine rings is 1. The molecule has 0 radical (unpaired) electrons. The quantitative estimate of drug-likeness (QED) is 0.813. The van der Waals surface area contributed by atoms with Gasteiger partial charge in [0, 0.05) is 19.1 Å². The molecule has 9 heteroatoms. The van der Waals surface area contributed by atoms with Crippen LogP contribution >= 0.6 is 22.9 Å². The summed E-state index contributed by atoms with van der Waals surface area (Å²) in [5.41, 5.74) is 0.743. The Morgan fingerprint density at radius 2 is 1.92 bits per heavy atom. The highest BCUT2D eigenvalue weighted by atomic mass is 35.5. The molecule has 136 valence electrons. The van der Waals surface area contributed by atoms with E-state index in [-0.39, 0.29) is 0 Å². The summed E-state index contributed by atoms with van der Waals surface area (Å²) >= 11 is 7.65. The van der Waals surface area contributed by atoms with Crippen molar-refractivity contribution in [3.8, 4) is 0 Å². The second-order valence-corrected chi connectivity index (χ2v) is 7.86. The van der Waals surface area contributed by atoms with Gasteiger partial charge in [-0.25, -0.2) is 9.97 Å². The summed E-state index contributed by atoms with van der Waals surface area (Å²) in [4.78, 5) is 18.5. The first kappa shape index (κ1) is 17.2. The Bertz CT molecular complexity index is 727. The van der Waals surface area contributed by atoms with Crippen LogP contribution in [0.5, 0.6) is 0 Å². The summed E-state index contributed by atoms with van der Waals surface area (Å²) in [6.07, 6.45) is 2.28. The Balaban J connectivity index is 1.61. The maximum Gasteiger partial charge on any atom is 0.185 e. The fraction of sp³-hybridized carbons (Fsp3) is 0.688. The van der Waals surface area contributed by atoms with Gasteiger partial charge < -0.3 is 19.9 Å². The number of halogens is 1. The maximum absolute atomic E-state index is 6.00. The van der Waals surface area contributed by atoms with Crippen LogP contribution in [0.2, 0.25) is 0 Å². The van der Waals surface area contributed by atoms with E-state index >= 15 is 0 Å². The first-order valence-corrected chi connectivity index (χ1v) is 10.1. The second-order valence-electron chi connectivity index (χ2n) is 6.59. The van der Waals surface area contributed by atoms with Gasteiger partial charge in [0.05, 0.1) is 19.1 Å². The van der Waals surface area contributed by atoms with Crippen LogP contribution in [0.4, 0.5) is 10.9 Å². The number of likely N-dealkylation sites (tertiary alicyclic amines) is 1. The zero-order chi connectivity index (χ0) is 17.2. The van der Waals surface area contributed by atoms with Gasteiger partial charge in [-0.15, -0.1) is 11.6 Å². The van der Waals surface area contributed by atoms with Crippen LogP contribution in [0.25, 0.3) is 10.3 Å². The lowest BCUT2D eigenvalue weighted by Crippen LogP contribution is -2.37. The van der Waals surface area contributed by atoms with E-state index in [4.69, 9.17) is 21.3 Å². The van der Waals surface area contributed by atoms with Crippen LogP contribution in [0.3, 0.4) is 0 Å². The Morgan fingerprint density at radius 1 is 1.16 bits per heavy atom. The Morgan fingerprint density at radius 3 is 2.64 bits per heavy atom. The average molecular weight is 383 g/mol. The molecular formula is C16H23ClN6OS. The van der Waals surface area contributed by atoms with Crippen molar-refractivity contribution >= 4 is 44.2 Å². The highest BCUT2D eigenvalue weighted by molar-refractivity contribution is 7.22. The molecule has 7 nitrogen and oxygen atoms in total. The molecule has 2 fully saturated rings. The van der Waals surface area contributed by atoms with Gasteiger partial charge in [0.2, 0.25) is 0 Å². The molecule has 2 aliphatic rings. The third kappa shape index (κ3) is 3.81. The molecule has 2 aromatic rings. The summed E-state index contributed by atoms with van der Waals surface area (Å²) in [6, 6.07) is 0.476. The van der Waals surface area contributed by atoms with Crippen LogP contribution in [-0.4, -0.2) is 72.3 Å². The number of fused-ring (bicyclic) bond motifs is 1. The van der Waals surface area contributed by atoms with E-state index in [1.54, 1.807) is 11.3 Å². The summed E-state index contributed by atoms with van der Waals surface area (Å²) in [6.45, 7) is 5.37. The van der Waals surface area contributed by atoms with Crippen LogP contribution in [0.1, 0.15) is 18.7 Å². The molecule has 2 aromatic heterocycles. The minimum Gasteiger partial charge on any atom is -0.378 e. The van der Waals surface area contributed by atoms with Gasteiger partial charge in [0.25, 0.3) is 0 Å². The first-order valence-electron chi connectivity index (χ1n) is 8.74.